The molecule has 1 aliphatic carbocycles. The lowest BCUT2D eigenvalue weighted by atomic mass is 9.82. The molecule has 0 radical (unpaired) electrons. The molecule has 3 rings (SSSR count). The molecule has 0 saturated carbocycles. The van der Waals surface area contributed by atoms with E-state index in [1.807, 2.05) is 6.33 Å². The normalized spacial score (nSPS) is 26.3. The van der Waals surface area contributed by atoms with Gasteiger partial charge in [0.1, 0.15) is 0 Å². The summed E-state index contributed by atoms with van der Waals surface area (Å²) in [4.78, 5) is 15.3. The van der Waals surface area contributed by atoms with Gasteiger partial charge in [-0.1, -0.05) is 27.7 Å². The van der Waals surface area contributed by atoms with E-state index in [1.54, 1.807) is 0 Å². The molecule has 0 aromatic carbocycles. The van der Waals surface area contributed by atoms with Gasteiger partial charge in [-0.25, -0.2) is 4.98 Å². The second-order valence-corrected chi connectivity index (χ2v) is 6.52. The minimum Gasteiger partial charge on any atom is -0.345 e. The summed E-state index contributed by atoms with van der Waals surface area (Å²) >= 11 is 0. The molecule has 2 heterocycles. The van der Waals surface area contributed by atoms with E-state index in [0.29, 0.717) is 17.9 Å². The molecule has 2 unspecified atom stereocenters. The zero-order valence-electron chi connectivity index (χ0n) is 13.2. The fourth-order valence-electron chi connectivity index (χ4n) is 3.51. The van der Waals surface area contributed by atoms with Crippen molar-refractivity contribution in [3.63, 3.8) is 0 Å². The minimum absolute atomic E-state index is 0.238. The van der Waals surface area contributed by atoms with Crippen LogP contribution in [0, 0.1) is 11.8 Å². The lowest BCUT2D eigenvalue weighted by Gasteiger charge is -2.31. The number of fused-ring (bicyclic) bond motifs is 2. The molecule has 0 saturated heterocycles. The van der Waals surface area contributed by atoms with Gasteiger partial charge in [0.05, 0.1) is 34.9 Å². The van der Waals surface area contributed by atoms with Crippen LogP contribution in [0.1, 0.15) is 34.6 Å². The number of hydrogen-bond donors (Lipinski definition) is 1. The molecule has 0 bridgehead atoms. The van der Waals surface area contributed by atoms with E-state index in [0.717, 1.165) is 5.35 Å². The highest BCUT2D eigenvalue weighted by atomic mass is 15.3. The predicted molar refractivity (Wildman–Crippen MR) is 82.8 cm³/mol. The number of rotatable bonds is 2. The summed E-state index contributed by atoms with van der Waals surface area (Å²) in [6, 6.07) is 0.301. The lowest BCUT2D eigenvalue weighted by Crippen LogP contribution is -2.49. The van der Waals surface area contributed by atoms with Crippen molar-refractivity contribution < 1.29 is 0 Å². The molecule has 108 valence electrons. The Kier molecular flexibility index (Phi) is 3.09. The molecule has 2 atom stereocenters. The van der Waals surface area contributed by atoms with E-state index >= 15 is 0 Å². The Morgan fingerprint density at radius 1 is 1.20 bits per heavy atom. The molecule has 1 aromatic heterocycles. The zero-order valence-corrected chi connectivity index (χ0v) is 13.2. The van der Waals surface area contributed by atoms with Crippen LogP contribution in [0.5, 0.6) is 0 Å². The summed E-state index contributed by atoms with van der Waals surface area (Å²) < 4.78 is 0. The van der Waals surface area contributed by atoms with Gasteiger partial charge < -0.3 is 4.98 Å². The third-order valence-corrected chi connectivity index (χ3v) is 4.53. The van der Waals surface area contributed by atoms with Crippen molar-refractivity contribution in [2.45, 2.75) is 46.8 Å². The van der Waals surface area contributed by atoms with Crippen LogP contribution in [0.15, 0.2) is 11.3 Å². The Balaban J connectivity index is 2.41. The highest BCUT2D eigenvalue weighted by Gasteiger charge is 2.40. The summed E-state index contributed by atoms with van der Waals surface area (Å²) in [5.74, 6) is 0.913. The summed E-state index contributed by atoms with van der Waals surface area (Å²) in [6.45, 7) is 11.2. The van der Waals surface area contributed by atoms with E-state index < -0.39 is 0 Å². The quantitative estimate of drug-likeness (QED) is 0.877. The van der Waals surface area contributed by atoms with Gasteiger partial charge in [0, 0.05) is 5.57 Å². The molecule has 4 nitrogen and oxygen atoms in total. The maximum Gasteiger partial charge on any atom is 0.1000 e. The molecule has 0 amide bonds. The molecule has 2 aliphatic rings. The Labute approximate surface area is 120 Å². The van der Waals surface area contributed by atoms with Crippen LogP contribution in [0.3, 0.4) is 0 Å². The van der Waals surface area contributed by atoms with E-state index in [-0.39, 0.29) is 6.17 Å². The van der Waals surface area contributed by atoms with Crippen LogP contribution < -0.4 is 10.7 Å². The zero-order chi connectivity index (χ0) is 14.6. The monoisotopic (exact) mass is 272 g/mol. The molecule has 1 N–H and O–H groups in total. The van der Waals surface area contributed by atoms with Crippen molar-refractivity contribution >= 4 is 16.9 Å². The Morgan fingerprint density at radius 2 is 1.90 bits per heavy atom. The molecule has 0 spiro atoms. The van der Waals surface area contributed by atoms with Crippen LogP contribution in [-0.2, 0) is 0 Å². The molecule has 20 heavy (non-hydrogen) atoms. The molecular formula is C16H24N4. The van der Waals surface area contributed by atoms with Crippen molar-refractivity contribution in [2.75, 3.05) is 7.05 Å². The van der Waals surface area contributed by atoms with Gasteiger partial charge in [0.2, 0.25) is 0 Å². The number of hydrogen-bond acceptors (Lipinski definition) is 3. The van der Waals surface area contributed by atoms with Gasteiger partial charge in [0.25, 0.3) is 0 Å². The highest BCUT2D eigenvalue weighted by molar-refractivity contribution is 6.26. The average molecular weight is 272 g/mol. The maximum absolute atomic E-state index is 4.94. The SMILES string of the molecule is CC(C)C1=c2nc[nH]c2=C(C(C)C)C2C1=NC(C)N2C. The van der Waals surface area contributed by atoms with Gasteiger partial charge in [-0.05, 0) is 31.4 Å². The van der Waals surface area contributed by atoms with E-state index in [1.165, 1.54) is 22.2 Å². The first-order chi connectivity index (χ1) is 9.43. The standard InChI is InChI=1S/C16H24N4/c1-8(2)11-13-14(18-7-17-13)12(9(3)4)16-15(11)19-10(5)20(16)6/h7-10,16H,1-6H3,(H,17,18). The predicted octanol–water partition coefficient (Wildman–Crippen LogP) is 1.14. The van der Waals surface area contributed by atoms with Crippen molar-refractivity contribution in [1.29, 1.82) is 0 Å². The van der Waals surface area contributed by atoms with Crippen LogP contribution in [0.4, 0.5) is 0 Å². The Hall–Kier alpha value is -1.42. The van der Waals surface area contributed by atoms with E-state index in [9.17, 15) is 0 Å². The summed E-state index contributed by atoms with van der Waals surface area (Å²) in [5, 5.41) is 2.33. The topological polar surface area (TPSA) is 44.3 Å². The number of H-pyrrole nitrogens is 1. The smallest absolute Gasteiger partial charge is 0.1000 e. The first-order valence-electron chi connectivity index (χ1n) is 7.51. The first kappa shape index (κ1) is 13.6. The lowest BCUT2D eigenvalue weighted by molar-refractivity contribution is 0.287. The van der Waals surface area contributed by atoms with Crippen molar-refractivity contribution in [3.05, 3.63) is 17.0 Å². The molecular weight excluding hydrogens is 248 g/mol. The molecule has 1 aromatic rings. The summed E-state index contributed by atoms with van der Waals surface area (Å²) in [7, 11) is 2.17. The van der Waals surface area contributed by atoms with Crippen molar-refractivity contribution in [1.82, 2.24) is 14.9 Å². The van der Waals surface area contributed by atoms with Gasteiger partial charge >= 0.3 is 0 Å². The molecule has 4 heteroatoms. The summed E-state index contributed by atoms with van der Waals surface area (Å²) in [6.07, 6.45) is 2.06. The largest absolute Gasteiger partial charge is 0.345 e. The minimum atomic E-state index is 0.238. The third kappa shape index (κ3) is 1.71. The summed E-state index contributed by atoms with van der Waals surface area (Å²) in [5.41, 5.74) is 3.97. The number of aromatic nitrogens is 2. The second-order valence-electron chi connectivity index (χ2n) is 6.52. The fraction of sp³-hybridized carbons (Fsp3) is 0.625. The highest BCUT2D eigenvalue weighted by Crippen LogP contribution is 2.32. The van der Waals surface area contributed by atoms with Gasteiger partial charge in [-0.2, -0.15) is 0 Å². The van der Waals surface area contributed by atoms with Gasteiger partial charge in [-0.3, -0.25) is 9.89 Å². The number of nitrogens with zero attached hydrogens (tertiary/aromatic N) is 3. The average Bonchev–Trinajstić information content (AvgIpc) is 2.92. The van der Waals surface area contributed by atoms with E-state index in [4.69, 9.17) is 4.99 Å². The van der Waals surface area contributed by atoms with Crippen molar-refractivity contribution in [3.8, 4) is 0 Å². The number of nitrogens with one attached hydrogen (secondary N) is 1. The number of aliphatic imine (C=N–C) groups is 1. The van der Waals surface area contributed by atoms with Crippen molar-refractivity contribution in [2.24, 2.45) is 16.8 Å². The van der Waals surface area contributed by atoms with Crippen LogP contribution in [-0.4, -0.2) is 39.8 Å². The molecule has 1 aliphatic heterocycles. The van der Waals surface area contributed by atoms with Crippen LogP contribution >= 0.6 is 0 Å². The Bertz CT molecular complexity index is 678. The third-order valence-electron chi connectivity index (χ3n) is 4.53. The second kappa shape index (κ2) is 4.55. The fourth-order valence-corrected chi connectivity index (χ4v) is 3.51. The molecule has 0 fully saturated rings. The van der Waals surface area contributed by atoms with Gasteiger partial charge in [-0.15, -0.1) is 0 Å². The van der Waals surface area contributed by atoms with Crippen LogP contribution in [0.2, 0.25) is 0 Å². The maximum atomic E-state index is 4.94. The number of imidazole rings is 1. The van der Waals surface area contributed by atoms with E-state index in [2.05, 4.69) is 56.5 Å². The Morgan fingerprint density at radius 3 is 2.50 bits per heavy atom. The van der Waals surface area contributed by atoms with Gasteiger partial charge in [0.15, 0.2) is 0 Å². The first-order valence-corrected chi connectivity index (χ1v) is 7.51. The van der Waals surface area contributed by atoms with Crippen LogP contribution in [0.25, 0.3) is 11.1 Å². The number of aromatic amines is 1.